The van der Waals surface area contributed by atoms with Crippen molar-refractivity contribution in [2.24, 2.45) is 16.9 Å². The number of carbonyl (C=O) groups is 8. The van der Waals surface area contributed by atoms with Crippen LogP contribution >= 0.6 is 0 Å². The number of hydrogen-bond donors (Lipinski definition) is 7. The van der Waals surface area contributed by atoms with Crippen molar-refractivity contribution < 1.29 is 80.0 Å². The molecule has 19 nitrogen and oxygen atoms in total. The highest BCUT2D eigenvalue weighted by molar-refractivity contribution is 5.92. The second-order valence-corrected chi connectivity index (χ2v) is 19.3. The Morgan fingerprint density at radius 1 is 0.725 bits per heavy atom. The molecule has 1 aromatic heterocycles. The maximum absolute atomic E-state index is 15.3. The molecule has 24 heteroatoms. The van der Waals surface area contributed by atoms with E-state index in [-0.39, 0.29) is 64.1 Å². The summed E-state index contributed by atoms with van der Waals surface area (Å²) in [7, 11) is 0. The Labute approximate surface area is 457 Å². The number of hydrogen-bond acceptors (Lipinski definition) is 12. The van der Waals surface area contributed by atoms with Crippen molar-refractivity contribution in [1.82, 2.24) is 25.4 Å². The molecule has 430 valence electrons. The maximum Gasteiger partial charge on any atom is 0.490 e. The van der Waals surface area contributed by atoms with Crippen LogP contribution < -0.4 is 27.4 Å². The molecule has 0 aliphatic carbocycles. The fraction of sp³-hybridized carbons (Fsp3) is 0.357. The van der Waals surface area contributed by atoms with Gasteiger partial charge in [-0.25, -0.2) is 18.4 Å². The summed E-state index contributed by atoms with van der Waals surface area (Å²) in [4.78, 5) is 103. The molecule has 0 fully saturated rings. The van der Waals surface area contributed by atoms with E-state index in [1.165, 1.54) is 4.90 Å². The molecule has 4 unspecified atom stereocenters. The number of ether oxygens (including phenoxy) is 2. The van der Waals surface area contributed by atoms with E-state index < -0.39 is 108 Å². The van der Waals surface area contributed by atoms with E-state index in [0.29, 0.717) is 16.8 Å². The number of esters is 2. The van der Waals surface area contributed by atoms with Crippen LogP contribution in [0.5, 0.6) is 0 Å². The lowest BCUT2D eigenvalue weighted by atomic mass is 9.82. The second kappa shape index (κ2) is 30.6. The third-order valence-corrected chi connectivity index (χ3v) is 11.9. The minimum absolute atomic E-state index is 0.00438. The van der Waals surface area contributed by atoms with Crippen molar-refractivity contribution in [3.8, 4) is 11.1 Å². The first-order valence-electron chi connectivity index (χ1n) is 25.0. The normalized spacial score (nSPS) is 12.7. The van der Waals surface area contributed by atoms with Crippen LogP contribution in [-0.2, 0) is 67.6 Å². The van der Waals surface area contributed by atoms with Gasteiger partial charge in [0.05, 0.1) is 18.5 Å². The van der Waals surface area contributed by atoms with Crippen molar-refractivity contribution in [3.63, 3.8) is 0 Å². The molecule has 80 heavy (non-hydrogen) atoms. The lowest BCUT2D eigenvalue weighted by molar-refractivity contribution is -0.192. The van der Waals surface area contributed by atoms with Gasteiger partial charge in [0.15, 0.2) is 0 Å². The van der Waals surface area contributed by atoms with Crippen LogP contribution in [0.4, 0.5) is 22.0 Å². The monoisotopic (exact) mass is 1120 g/mol. The van der Waals surface area contributed by atoms with Crippen molar-refractivity contribution in [3.05, 3.63) is 155 Å². The number of aliphatic hydroxyl groups is 1. The van der Waals surface area contributed by atoms with Gasteiger partial charge >= 0.3 is 24.1 Å². The average molecular weight is 1120 g/mol. The number of carboxylic acid groups (broad SMARTS) is 1. The van der Waals surface area contributed by atoms with Crippen molar-refractivity contribution in [1.29, 1.82) is 0 Å². The summed E-state index contributed by atoms with van der Waals surface area (Å²) < 4.78 is 74.2. The zero-order valence-electron chi connectivity index (χ0n) is 44.1. The number of alkyl halides is 3. The lowest BCUT2D eigenvalue weighted by Gasteiger charge is -2.41. The third kappa shape index (κ3) is 21.0. The maximum atomic E-state index is 15.3. The molecule has 5 aromatic rings. The molecule has 1 heterocycles. The van der Waals surface area contributed by atoms with E-state index in [0.717, 1.165) is 29.3 Å². The summed E-state index contributed by atoms with van der Waals surface area (Å²) in [5, 5.41) is 25.2. The molecule has 4 aromatic carbocycles. The molecule has 5 amide bonds. The summed E-state index contributed by atoms with van der Waals surface area (Å²) in [6, 6.07) is 26.7. The predicted octanol–water partition coefficient (Wildman–Crippen LogP) is 5.36. The number of rotatable bonds is 26. The van der Waals surface area contributed by atoms with Gasteiger partial charge in [-0.1, -0.05) is 112 Å². The Bertz CT molecular complexity index is 2890. The highest BCUT2D eigenvalue weighted by Gasteiger charge is 2.39. The number of amides is 5. The van der Waals surface area contributed by atoms with Crippen LogP contribution in [-0.4, -0.2) is 111 Å². The highest BCUT2D eigenvalue weighted by atomic mass is 19.4. The summed E-state index contributed by atoms with van der Waals surface area (Å²) in [6.45, 7) is 4.07. The third-order valence-electron chi connectivity index (χ3n) is 11.9. The topological polar surface area (TPSA) is 292 Å². The van der Waals surface area contributed by atoms with Crippen LogP contribution in [0.3, 0.4) is 0 Å². The number of nitrogens with two attached hydrogens (primary N) is 2. The van der Waals surface area contributed by atoms with E-state index in [1.807, 2.05) is 57.2 Å². The number of nitrogens with one attached hydrogen (secondary N) is 3. The highest BCUT2D eigenvalue weighted by Crippen LogP contribution is 2.41. The largest absolute Gasteiger partial charge is 0.490 e. The smallest absolute Gasteiger partial charge is 0.475 e. The van der Waals surface area contributed by atoms with E-state index in [1.54, 1.807) is 71.4 Å². The van der Waals surface area contributed by atoms with Crippen LogP contribution in [0.1, 0.15) is 81.3 Å². The van der Waals surface area contributed by atoms with Gasteiger partial charge in [0.25, 0.3) is 0 Å². The Morgan fingerprint density at radius 3 is 1.82 bits per heavy atom. The number of carboxylic acids is 1. The SMILES string of the molecule is CC(C)(C)C(c1cc(-c2cc(F)ccc2F)cn1Cc1ccccc1)N(CCC(NC(=O)C(N)CC(N)=O)C(=O)NCCC(=O)NC(CCC(=O)OCc1ccccc1)C(=O)OCc1ccccc1)C(=O)CO.O=C(O)C(F)(F)F. The molecule has 0 saturated carbocycles. The van der Waals surface area contributed by atoms with Crippen molar-refractivity contribution in [2.75, 3.05) is 19.7 Å². The van der Waals surface area contributed by atoms with Crippen molar-refractivity contribution >= 4 is 47.4 Å². The minimum atomic E-state index is -5.08. The van der Waals surface area contributed by atoms with Crippen molar-refractivity contribution in [2.45, 2.75) is 103 Å². The number of aromatic nitrogens is 1. The zero-order chi connectivity index (χ0) is 59.2. The quantitative estimate of drug-likeness (QED) is 0.0272. The van der Waals surface area contributed by atoms with Gasteiger partial charge in [-0.05, 0) is 59.2 Å². The lowest BCUT2D eigenvalue weighted by Crippen LogP contribution is -2.54. The number of primary amides is 1. The molecular formula is C56H64F5N7O12. The van der Waals surface area contributed by atoms with Gasteiger partial charge in [0, 0.05) is 55.5 Å². The minimum Gasteiger partial charge on any atom is -0.475 e. The molecule has 0 aliphatic heterocycles. The van der Waals surface area contributed by atoms with Gasteiger partial charge in [-0.3, -0.25) is 28.8 Å². The first-order chi connectivity index (χ1) is 37.8. The van der Waals surface area contributed by atoms with Gasteiger partial charge in [-0.2, -0.15) is 13.2 Å². The molecule has 9 N–H and O–H groups in total. The van der Waals surface area contributed by atoms with Gasteiger partial charge < -0.3 is 56.6 Å². The van der Waals surface area contributed by atoms with E-state index in [2.05, 4.69) is 16.0 Å². The zero-order valence-corrected chi connectivity index (χ0v) is 44.1. The second-order valence-electron chi connectivity index (χ2n) is 19.3. The number of aliphatic hydroxyl groups excluding tert-OH is 1. The molecule has 0 radical (unpaired) electrons. The van der Waals surface area contributed by atoms with Gasteiger partial charge in [0.1, 0.15) is 43.5 Å². The Hall–Kier alpha value is -8.51. The number of aliphatic carboxylic acids is 1. The van der Waals surface area contributed by atoms with E-state index >= 15 is 4.39 Å². The first kappa shape index (κ1) is 64.0. The number of halogens is 5. The summed E-state index contributed by atoms with van der Waals surface area (Å²) >= 11 is 0. The van der Waals surface area contributed by atoms with Crippen LogP contribution in [0.25, 0.3) is 11.1 Å². The number of benzene rings is 4. The number of carbonyl (C=O) groups excluding carboxylic acids is 7. The first-order valence-corrected chi connectivity index (χ1v) is 25.0. The number of nitrogens with zero attached hydrogens (tertiary/aromatic N) is 2. The molecule has 0 saturated heterocycles. The molecule has 0 bridgehead atoms. The fourth-order valence-electron chi connectivity index (χ4n) is 8.07. The summed E-state index contributed by atoms with van der Waals surface area (Å²) in [5.74, 6) is -9.65. The summed E-state index contributed by atoms with van der Waals surface area (Å²) in [5.41, 5.74) is 13.5. The average Bonchev–Trinajstić information content (AvgIpc) is 3.84. The standard InChI is InChI=1S/C54H63F2N7O10.C2HF3O2/c1-54(2,3)50(45-27-38(40-28-39(55)19-20-41(40)56)31-62(45)30-35-13-7-4-8-14-35)63(48(67)32-64)26-24-43(61-51(69)42(57)29-46(58)65)52(70)59-25-23-47(66)60-44(53(71)73-34-37-17-11-6-12-18-37)21-22-49(68)72-33-36-15-9-5-10-16-36;3-2(4,5)1(6)7/h4-20,27-28,31,42-44,50,64H,21-26,29-30,32-34,57H2,1-3H3,(H2,58,65)(H,59,70)(H,60,66)(H,61,69);(H,6,7). The molecule has 0 aliphatic rings. The van der Waals surface area contributed by atoms with Crippen LogP contribution in [0.2, 0.25) is 0 Å². The van der Waals surface area contributed by atoms with Crippen LogP contribution in [0.15, 0.2) is 121 Å². The fourth-order valence-corrected chi connectivity index (χ4v) is 8.07. The molecular weight excluding hydrogens is 1060 g/mol. The molecule has 4 atom stereocenters. The van der Waals surface area contributed by atoms with E-state index in [9.17, 15) is 56.2 Å². The van der Waals surface area contributed by atoms with Gasteiger partial charge in [0.2, 0.25) is 29.5 Å². The van der Waals surface area contributed by atoms with Crippen LogP contribution in [0, 0.1) is 17.0 Å². The van der Waals surface area contributed by atoms with E-state index in [4.69, 9.17) is 30.8 Å². The Kier molecular flexibility index (Phi) is 24.5. The van der Waals surface area contributed by atoms with Gasteiger partial charge in [-0.15, -0.1) is 0 Å². The molecule has 0 spiro atoms. The predicted molar refractivity (Wildman–Crippen MR) is 280 cm³/mol. The Balaban J connectivity index is 0.00000184. The summed E-state index contributed by atoms with van der Waals surface area (Å²) in [6.07, 6.45) is -5.10. The molecule has 5 rings (SSSR count). The Morgan fingerprint density at radius 2 is 1.29 bits per heavy atom.